The number of carbonyl (C=O) groups excluding carboxylic acids is 1. The van der Waals surface area contributed by atoms with E-state index >= 15 is 0 Å². The summed E-state index contributed by atoms with van der Waals surface area (Å²) < 4.78 is 38.2. The highest BCUT2D eigenvalue weighted by Crippen LogP contribution is 2.29. The summed E-state index contributed by atoms with van der Waals surface area (Å²) in [6.45, 7) is 3.95. The quantitative estimate of drug-likeness (QED) is 0.715. The Morgan fingerprint density at radius 1 is 1.38 bits per heavy atom. The molecule has 1 atom stereocenters. The molecule has 0 aliphatic heterocycles. The first-order valence-electron chi connectivity index (χ1n) is 8.46. The van der Waals surface area contributed by atoms with Crippen LogP contribution in [0.25, 0.3) is 11.5 Å². The minimum absolute atomic E-state index is 0.00591. The van der Waals surface area contributed by atoms with E-state index in [0.29, 0.717) is 12.3 Å². The van der Waals surface area contributed by atoms with Crippen molar-refractivity contribution in [1.82, 2.24) is 4.98 Å². The van der Waals surface area contributed by atoms with E-state index in [4.69, 9.17) is 9.15 Å². The van der Waals surface area contributed by atoms with Gasteiger partial charge in [-0.3, -0.25) is 0 Å². The zero-order valence-corrected chi connectivity index (χ0v) is 14.6. The number of rotatable bonds is 5. The van der Waals surface area contributed by atoms with Crippen molar-refractivity contribution in [1.29, 1.82) is 0 Å². The van der Waals surface area contributed by atoms with Crippen molar-refractivity contribution in [3.63, 3.8) is 0 Å². The second kappa shape index (κ2) is 7.64. The van der Waals surface area contributed by atoms with Gasteiger partial charge in [-0.15, -0.1) is 0 Å². The van der Waals surface area contributed by atoms with Gasteiger partial charge in [-0.05, 0) is 37.5 Å². The highest BCUT2D eigenvalue weighted by Gasteiger charge is 2.24. The summed E-state index contributed by atoms with van der Waals surface area (Å²) in [6, 6.07) is 2.99. The molecule has 0 N–H and O–H groups in total. The van der Waals surface area contributed by atoms with Crippen LogP contribution in [0, 0.1) is 17.6 Å². The average molecular weight is 359 g/mol. The average Bonchev–Trinajstić information content (AvgIpc) is 3.01. The molecular formula is C20H19F2NO3. The van der Waals surface area contributed by atoms with E-state index in [1.165, 1.54) is 0 Å². The van der Waals surface area contributed by atoms with E-state index in [1.54, 1.807) is 6.92 Å². The van der Waals surface area contributed by atoms with Crippen LogP contribution in [0.2, 0.25) is 0 Å². The summed E-state index contributed by atoms with van der Waals surface area (Å²) in [5.41, 5.74) is 0.925. The Bertz CT molecular complexity index is 883. The number of aromatic nitrogens is 1. The monoisotopic (exact) mass is 359 g/mol. The van der Waals surface area contributed by atoms with Crippen LogP contribution in [0.1, 0.15) is 36.5 Å². The summed E-state index contributed by atoms with van der Waals surface area (Å²) in [4.78, 5) is 16.3. The fourth-order valence-electron chi connectivity index (χ4n) is 2.88. The summed E-state index contributed by atoms with van der Waals surface area (Å²) in [5.74, 6) is -1.41. The number of benzene rings is 1. The normalized spacial score (nSPS) is 16.5. The first-order chi connectivity index (χ1) is 12.5. The lowest BCUT2D eigenvalue weighted by Gasteiger charge is -2.13. The number of nitrogens with zero attached hydrogens (tertiary/aromatic N) is 1. The number of halogens is 2. The van der Waals surface area contributed by atoms with Gasteiger partial charge in [-0.1, -0.05) is 30.7 Å². The molecule has 1 aliphatic carbocycles. The van der Waals surface area contributed by atoms with Gasteiger partial charge >= 0.3 is 5.97 Å². The molecule has 2 aromatic rings. The molecule has 6 heteroatoms. The summed E-state index contributed by atoms with van der Waals surface area (Å²) in [6.07, 6.45) is 7.18. The standard InChI is InChI=1S/C20H19F2NO3/c1-3-25-20(24)18-17(10-13-6-4-5-12(2)9-13)26-19(23-18)15-11-14(21)7-8-16(15)22/h4-8,11-12H,3,9-10H2,1-2H3. The second-order valence-electron chi connectivity index (χ2n) is 6.20. The molecule has 0 bridgehead atoms. The van der Waals surface area contributed by atoms with Crippen molar-refractivity contribution < 1.29 is 22.7 Å². The number of allylic oxidation sites excluding steroid dienone is 4. The zero-order valence-electron chi connectivity index (χ0n) is 14.6. The van der Waals surface area contributed by atoms with Crippen LogP contribution in [0.5, 0.6) is 0 Å². The molecule has 1 heterocycles. The molecule has 4 nitrogen and oxygen atoms in total. The highest BCUT2D eigenvalue weighted by atomic mass is 19.1. The van der Waals surface area contributed by atoms with Crippen LogP contribution in [0.15, 0.2) is 46.4 Å². The van der Waals surface area contributed by atoms with Crippen LogP contribution < -0.4 is 0 Å². The maximum Gasteiger partial charge on any atom is 0.360 e. The van der Waals surface area contributed by atoms with Crippen LogP contribution in [0.4, 0.5) is 8.78 Å². The summed E-state index contributed by atoms with van der Waals surface area (Å²) in [5, 5.41) is 0. The molecule has 0 saturated carbocycles. The minimum Gasteiger partial charge on any atom is -0.461 e. The van der Waals surface area contributed by atoms with Gasteiger partial charge in [-0.25, -0.2) is 18.6 Å². The van der Waals surface area contributed by atoms with E-state index in [1.807, 2.05) is 12.2 Å². The van der Waals surface area contributed by atoms with E-state index < -0.39 is 17.6 Å². The molecule has 0 amide bonds. The molecule has 1 aromatic heterocycles. The van der Waals surface area contributed by atoms with Gasteiger partial charge in [0.15, 0.2) is 5.69 Å². The predicted octanol–water partition coefficient (Wildman–Crippen LogP) is 4.86. The Kier molecular flexibility index (Phi) is 5.30. The van der Waals surface area contributed by atoms with Gasteiger partial charge in [0.1, 0.15) is 17.4 Å². The second-order valence-corrected chi connectivity index (χ2v) is 6.20. The summed E-state index contributed by atoms with van der Waals surface area (Å²) >= 11 is 0. The molecule has 0 fully saturated rings. The fourth-order valence-corrected chi connectivity index (χ4v) is 2.88. The van der Waals surface area contributed by atoms with Gasteiger partial charge in [-0.2, -0.15) is 0 Å². The number of ether oxygens (including phenoxy) is 1. The molecule has 136 valence electrons. The molecule has 3 rings (SSSR count). The fraction of sp³-hybridized carbons (Fsp3) is 0.300. The topological polar surface area (TPSA) is 52.3 Å². The first kappa shape index (κ1) is 18.0. The maximum absolute atomic E-state index is 14.1. The number of carbonyl (C=O) groups is 1. The predicted molar refractivity (Wildman–Crippen MR) is 92.5 cm³/mol. The molecule has 0 spiro atoms. The Hall–Kier alpha value is -2.76. The van der Waals surface area contributed by atoms with Gasteiger partial charge < -0.3 is 9.15 Å². The number of esters is 1. The van der Waals surface area contributed by atoms with Crippen molar-refractivity contribution in [3.8, 4) is 11.5 Å². The van der Waals surface area contributed by atoms with Crippen LogP contribution in [0.3, 0.4) is 0 Å². The van der Waals surface area contributed by atoms with Crippen molar-refractivity contribution >= 4 is 5.97 Å². The smallest absolute Gasteiger partial charge is 0.360 e. The SMILES string of the molecule is CCOC(=O)c1nc(-c2cc(F)ccc2F)oc1CC1=CC=CC(C)C1. The molecule has 1 unspecified atom stereocenters. The Morgan fingerprint density at radius 3 is 2.92 bits per heavy atom. The van der Waals surface area contributed by atoms with Crippen LogP contribution >= 0.6 is 0 Å². The molecule has 26 heavy (non-hydrogen) atoms. The highest BCUT2D eigenvalue weighted by molar-refractivity contribution is 5.89. The lowest BCUT2D eigenvalue weighted by molar-refractivity contribution is 0.0518. The molecule has 1 aliphatic rings. The van der Waals surface area contributed by atoms with Crippen LogP contribution in [-0.2, 0) is 11.2 Å². The molecule has 0 radical (unpaired) electrons. The molecule has 0 saturated heterocycles. The van der Waals surface area contributed by atoms with Crippen molar-refractivity contribution in [2.45, 2.75) is 26.7 Å². The van der Waals surface area contributed by atoms with Crippen molar-refractivity contribution in [2.75, 3.05) is 6.61 Å². The van der Waals surface area contributed by atoms with Gasteiger partial charge in [0.05, 0.1) is 12.2 Å². The van der Waals surface area contributed by atoms with Gasteiger partial charge in [0.25, 0.3) is 0 Å². The van der Waals surface area contributed by atoms with E-state index in [0.717, 1.165) is 30.2 Å². The molecule has 1 aromatic carbocycles. The zero-order chi connectivity index (χ0) is 18.7. The number of hydrogen-bond acceptors (Lipinski definition) is 4. The van der Waals surface area contributed by atoms with Crippen LogP contribution in [-0.4, -0.2) is 17.6 Å². The van der Waals surface area contributed by atoms with Crippen molar-refractivity contribution in [3.05, 3.63) is 65.1 Å². The largest absolute Gasteiger partial charge is 0.461 e. The lowest BCUT2D eigenvalue weighted by Crippen LogP contribution is -2.09. The van der Waals surface area contributed by atoms with E-state index in [2.05, 4.69) is 18.0 Å². The number of hydrogen-bond donors (Lipinski definition) is 0. The maximum atomic E-state index is 14.1. The van der Waals surface area contributed by atoms with E-state index in [9.17, 15) is 13.6 Å². The Balaban J connectivity index is 2.00. The summed E-state index contributed by atoms with van der Waals surface area (Å²) in [7, 11) is 0. The first-order valence-corrected chi connectivity index (χ1v) is 8.46. The van der Waals surface area contributed by atoms with Gasteiger partial charge in [0.2, 0.25) is 5.89 Å². The van der Waals surface area contributed by atoms with Gasteiger partial charge in [0, 0.05) is 6.42 Å². The third-order valence-electron chi connectivity index (χ3n) is 4.07. The minimum atomic E-state index is -0.678. The number of oxazole rings is 1. The lowest BCUT2D eigenvalue weighted by atomic mass is 9.93. The molecular weight excluding hydrogens is 340 g/mol. The van der Waals surface area contributed by atoms with E-state index in [-0.39, 0.29) is 29.5 Å². The Morgan fingerprint density at radius 2 is 2.19 bits per heavy atom. The van der Waals surface area contributed by atoms with Crippen molar-refractivity contribution in [2.24, 2.45) is 5.92 Å². The third-order valence-corrected chi connectivity index (χ3v) is 4.07. The third kappa shape index (κ3) is 3.90. The Labute approximate surface area is 150 Å².